The number of hydrogen-bond acceptors (Lipinski definition) is 3. The summed E-state index contributed by atoms with van der Waals surface area (Å²) >= 11 is 0. The number of carbonyl (C=O) groups is 2. The van der Waals surface area contributed by atoms with E-state index in [4.69, 9.17) is 0 Å². The quantitative estimate of drug-likeness (QED) is 0.422. The molecule has 1 aromatic heterocycles. The largest absolute Gasteiger partial charge is 0.323 e. The van der Waals surface area contributed by atoms with E-state index in [0.717, 1.165) is 11.4 Å². The van der Waals surface area contributed by atoms with Gasteiger partial charge in [0.1, 0.15) is 0 Å². The summed E-state index contributed by atoms with van der Waals surface area (Å²) in [5, 5.41) is 12.7. The summed E-state index contributed by atoms with van der Waals surface area (Å²) in [6, 6.07) is 21.0. The van der Waals surface area contributed by atoms with Crippen LogP contribution in [0.5, 0.6) is 0 Å². The van der Waals surface area contributed by atoms with Crippen LogP contribution < -0.4 is 10.6 Å². The number of aryl methyl sites for hydroxylation is 1. The number of anilines is 2. The summed E-state index contributed by atoms with van der Waals surface area (Å²) in [7, 11) is 0. The zero-order valence-corrected chi connectivity index (χ0v) is 17.8. The van der Waals surface area contributed by atoms with Crippen LogP contribution in [0.3, 0.4) is 0 Å². The Balaban J connectivity index is 1.53. The summed E-state index contributed by atoms with van der Waals surface area (Å²) in [5.74, 6) is -0.0505. The van der Waals surface area contributed by atoms with Crippen molar-refractivity contribution < 1.29 is 9.59 Å². The first-order valence-electron chi connectivity index (χ1n) is 10.1. The van der Waals surface area contributed by atoms with E-state index >= 15 is 0 Å². The SMILES string of the molecule is CC(=O)c1cccc(NC(=O)Nc2c(C)nn(Cc3cccc4ccccc34)c2C)c1. The highest BCUT2D eigenvalue weighted by atomic mass is 16.2. The number of Topliss-reactive ketones (excluding diaryl/α,β-unsaturated/α-hetero) is 1. The van der Waals surface area contributed by atoms with Crippen LogP contribution >= 0.6 is 0 Å². The molecule has 0 unspecified atom stereocenters. The zero-order valence-electron chi connectivity index (χ0n) is 17.8. The molecule has 1 heterocycles. The average Bonchev–Trinajstić information content (AvgIpc) is 3.01. The second kappa shape index (κ2) is 8.44. The number of rotatable bonds is 5. The van der Waals surface area contributed by atoms with Gasteiger partial charge in [-0.15, -0.1) is 0 Å². The number of urea groups is 1. The van der Waals surface area contributed by atoms with Crippen molar-refractivity contribution in [2.24, 2.45) is 0 Å². The monoisotopic (exact) mass is 412 g/mol. The Hall–Kier alpha value is -3.93. The predicted molar refractivity (Wildman–Crippen MR) is 124 cm³/mol. The average molecular weight is 412 g/mol. The summed E-state index contributed by atoms with van der Waals surface area (Å²) in [5.41, 5.74) is 4.57. The number of nitrogens with one attached hydrogen (secondary N) is 2. The lowest BCUT2D eigenvalue weighted by Crippen LogP contribution is -2.20. The van der Waals surface area contributed by atoms with Crippen LogP contribution in [0, 0.1) is 13.8 Å². The summed E-state index contributed by atoms with van der Waals surface area (Å²) in [4.78, 5) is 24.1. The van der Waals surface area contributed by atoms with Crippen LogP contribution in [0.4, 0.5) is 16.2 Å². The fourth-order valence-electron chi connectivity index (χ4n) is 3.72. The Morgan fingerprint density at radius 1 is 0.935 bits per heavy atom. The van der Waals surface area contributed by atoms with Crippen LogP contribution in [0.25, 0.3) is 10.8 Å². The number of amides is 2. The van der Waals surface area contributed by atoms with Gasteiger partial charge in [0, 0.05) is 11.3 Å². The molecule has 0 aliphatic heterocycles. The molecule has 4 aromatic rings. The van der Waals surface area contributed by atoms with Gasteiger partial charge in [0.05, 0.1) is 23.6 Å². The molecule has 4 rings (SSSR count). The van der Waals surface area contributed by atoms with Gasteiger partial charge in [0.15, 0.2) is 5.78 Å². The Morgan fingerprint density at radius 2 is 1.68 bits per heavy atom. The maximum absolute atomic E-state index is 12.6. The fourth-order valence-corrected chi connectivity index (χ4v) is 3.72. The fraction of sp³-hybridized carbons (Fsp3) is 0.160. The predicted octanol–water partition coefficient (Wildman–Crippen LogP) is 5.55. The molecule has 156 valence electrons. The van der Waals surface area contributed by atoms with Crippen molar-refractivity contribution in [1.29, 1.82) is 0 Å². The molecule has 0 spiro atoms. The van der Waals surface area contributed by atoms with E-state index in [0.29, 0.717) is 23.5 Å². The van der Waals surface area contributed by atoms with Gasteiger partial charge in [-0.05, 0) is 49.2 Å². The van der Waals surface area contributed by atoms with Gasteiger partial charge in [0.25, 0.3) is 0 Å². The second-order valence-corrected chi connectivity index (χ2v) is 7.56. The molecule has 0 radical (unpaired) electrons. The molecule has 2 amide bonds. The summed E-state index contributed by atoms with van der Waals surface area (Å²) in [6.07, 6.45) is 0. The van der Waals surface area contributed by atoms with Crippen molar-refractivity contribution in [3.63, 3.8) is 0 Å². The summed E-state index contributed by atoms with van der Waals surface area (Å²) < 4.78 is 1.91. The van der Waals surface area contributed by atoms with Crippen molar-refractivity contribution in [3.05, 3.63) is 89.2 Å². The van der Waals surface area contributed by atoms with Crippen molar-refractivity contribution in [2.45, 2.75) is 27.3 Å². The van der Waals surface area contributed by atoms with E-state index in [2.05, 4.69) is 40.0 Å². The number of aromatic nitrogens is 2. The van der Waals surface area contributed by atoms with E-state index in [-0.39, 0.29) is 11.8 Å². The molecular weight excluding hydrogens is 388 g/mol. The van der Waals surface area contributed by atoms with E-state index < -0.39 is 0 Å². The third-order valence-electron chi connectivity index (χ3n) is 5.35. The molecule has 0 aliphatic rings. The van der Waals surface area contributed by atoms with Gasteiger partial charge in [-0.1, -0.05) is 54.6 Å². The van der Waals surface area contributed by atoms with Gasteiger partial charge >= 0.3 is 6.03 Å². The Bertz CT molecular complexity index is 1280. The standard InChI is InChI=1S/C25H24N4O2/c1-16-24(27-25(31)26-22-12-7-10-20(14-22)18(3)30)17(2)29(28-16)15-21-11-6-9-19-8-4-5-13-23(19)21/h4-14H,15H2,1-3H3,(H2,26,27,31). The first-order valence-corrected chi connectivity index (χ1v) is 10.1. The molecule has 0 saturated heterocycles. The normalized spacial score (nSPS) is 10.8. The topological polar surface area (TPSA) is 76.0 Å². The smallest absolute Gasteiger partial charge is 0.308 e. The Morgan fingerprint density at radius 3 is 2.48 bits per heavy atom. The van der Waals surface area contributed by atoms with Gasteiger partial charge in [-0.3, -0.25) is 9.48 Å². The highest BCUT2D eigenvalue weighted by molar-refractivity contribution is 6.02. The maximum Gasteiger partial charge on any atom is 0.323 e. The van der Waals surface area contributed by atoms with Crippen LogP contribution in [0.15, 0.2) is 66.7 Å². The van der Waals surface area contributed by atoms with Crippen molar-refractivity contribution in [3.8, 4) is 0 Å². The minimum atomic E-state index is -0.378. The molecule has 2 N–H and O–H groups in total. The molecule has 6 heteroatoms. The van der Waals surface area contributed by atoms with Crippen LogP contribution in [-0.4, -0.2) is 21.6 Å². The molecule has 6 nitrogen and oxygen atoms in total. The van der Waals surface area contributed by atoms with Crippen molar-refractivity contribution in [1.82, 2.24) is 9.78 Å². The van der Waals surface area contributed by atoms with Gasteiger partial charge in [0.2, 0.25) is 0 Å². The van der Waals surface area contributed by atoms with E-state index in [1.54, 1.807) is 24.3 Å². The minimum absolute atomic E-state index is 0.0505. The number of carbonyl (C=O) groups excluding carboxylic acids is 2. The van der Waals surface area contributed by atoms with Gasteiger partial charge in [-0.25, -0.2) is 4.79 Å². The third kappa shape index (κ3) is 4.33. The lowest BCUT2D eigenvalue weighted by Gasteiger charge is -2.10. The molecule has 31 heavy (non-hydrogen) atoms. The lowest BCUT2D eigenvalue weighted by molar-refractivity contribution is 0.101. The highest BCUT2D eigenvalue weighted by Gasteiger charge is 2.15. The van der Waals surface area contributed by atoms with Crippen molar-refractivity contribution >= 4 is 34.0 Å². The molecule has 0 atom stereocenters. The molecule has 3 aromatic carbocycles. The van der Waals surface area contributed by atoms with E-state index in [1.807, 2.05) is 36.7 Å². The van der Waals surface area contributed by atoms with Crippen LogP contribution in [0.2, 0.25) is 0 Å². The molecule has 0 aliphatic carbocycles. The Kier molecular flexibility index (Phi) is 5.54. The summed E-state index contributed by atoms with van der Waals surface area (Å²) in [6.45, 7) is 5.92. The number of hydrogen-bond donors (Lipinski definition) is 2. The Labute approximate surface area is 180 Å². The van der Waals surface area contributed by atoms with Crippen LogP contribution in [0.1, 0.15) is 34.2 Å². The molecule has 0 saturated carbocycles. The molecule has 0 bridgehead atoms. The number of ketones is 1. The minimum Gasteiger partial charge on any atom is -0.308 e. The number of nitrogens with zero attached hydrogens (tertiary/aromatic N) is 2. The van der Waals surface area contributed by atoms with Gasteiger partial charge < -0.3 is 10.6 Å². The molecular formula is C25H24N4O2. The first-order chi connectivity index (χ1) is 14.9. The highest BCUT2D eigenvalue weighted by Crippen LogP contribution is 2.24. The number of benzene rings is 3. The zero-order chi connectivity index (χ0) is 22.0. The first kappa shape index (κ1) is 20.3. The van der Waals surface area contributed by atoms with Crippen molar-refractivity contribution in [2.75, 3.05) is 10.6 Å². The van der Waals surface area contributed by atoms with E-state index in [1.165, 1.54) is 23.3 Å². The third-order valence-corrected chi connectivity index (χ3v) is 5.35. The van der Waals surface area contributed by atoms with Crippen LogP contribution in [-0.2, 0) is 6.54 Å². The lowest BCUT2D eigenvalue weighted by atomic mass is 10.0. The number of fused-ring (bicyclic) bond motifs is 1. The maximum atomic E-state index is 12.6. The van der Waals surface area contributed by atoms with Gasteiger partial charge in [-0.2, -0.15) is 5.10 Å². The van der Waals surface area contributed by atoms with E-state index in [9.17, 15) is 9.59 Å². The second-order valence-electron chi connectivity index (χ2n) is 7.56. The molecule has 0 fully saturated rings.